The molecule has 0 saturated carbocycles. The van der Waals surface area contributed by atoms with Crippen LogP contribution in [0.25, 0.3) is 0 Å². The van der Waals surface area contributed by atoms with Gasteiger partial charge in [0.2, 0.25) is 5.96 Å². The quantitative estimate of drug-likeness (QED) is 0.522. The van der Waals surface area contributed by atoms with Gasteiger partial charge in [-0.15, -0.1) is 0 Å². The van der Waals surface area contributed by atoms with E-state index in [0.29, 0.717) is 11.7 Å². The lowest BCUT2D eigenvalue weighted by Crippen LogP contribution is -2.35. The molecular weight excluding hydrogens is 142 g/mol. The highest BCUT2D eigenvalue weighted by molar-refractivity contribution is 6.09. The van der Waals surface area contributed by atoms with Crippen molar-refractivity contribution in [1.82, 2.24) is 4.90 Å². The van der Waals surface area contributed by atoms with Crippen LogP contribution in [0, 0.1) is 0 Å². The van der Waals surface area contributed by atoms with E-state index in [1.165, 1.54) is 0 Å². The van der Waals surface area contributed by atoms with Gasteiger partial charge in [-0.3, -0.25) is 4.79 Å². The molecule has 4 heteroatoms. The number of allylic oxidation sites excluding steroid dienone is 1. The molecule has 0 aromatic heterocycles. The minimum absolute atomic E-state index is 0.192. The number of fused-ring (bicyclic) bond motifs is 1. The molecule has 0 fully saturated rings. The molecule has 2 heterocycles. The lowest BCUT2D eigenvalue weighted by molar-refractivity contribution is -0.114. The summed E-state index contributed by atoms with van der Waals surface area (Å²) in [7, 11) is 0. The van der Waals surface area contributed by atoms with E-state index < -0.39 is 0 Å². The summed E-state index contributed by atoms with van der Waals surface area (Å²) in [6.07, 6.45) is 3.91. The van der Waals surface area contributed by atoms with Crippen LogP contribution in [0.4, 0.5) is 0 Å². The summed E-state index contributed by atoms with van der Waals surface area (Å²) in [6, 6.07) is 0. The first-order valence-corrected chi connectivity index (χ1v) is 3.65. The molecule has 11 heavy (non-hydrogen) atoms. The summed E-state index contributed by atoms with van der Waals surface area (Å²) in [4.78, 5) is 16.5. The molecule has 0 unspecified atom stereocenters. The molecular formula is C7H9N3O. The Bertz CT molecular complexity index is 267. The monoisotopic (exact) mass is 151 g/mol. The van der Waals surface area contributed by atoms with Crippen LogP contribution in [0.1, 0.15) is 12.8 Å². The minimum Gasteiger partial charge on any atom is -0.369 e. The van der Waals surface area contributed by atoms with Gasteiger partial charge in [-0.05, 0) is 12.8 Å². The number of aliphatic imine (C=N–C) groups is 1. The second-order valence-corrected chi connectivity index (χ2v) is 2.66. The van der Waals surface area contributed by atoms with Crippen LogP contribution in [0.3, 0.4) is 0 Å². The molecule has 4 nitrogen and oxygen atoms in total. The van der Waals surface area contributed by atoms with E-state index in [4.69, 9.17) is 5.73 Å². The van der Waals surface area contributed by atoms with Gasteiger partial charge in [0.25, 0.3) is 5.91 Å². The third-order valence-electron chi connectivity index (χ3n) is 1.93. The van der Waals surface area contributed by atoms with Crippen LogP contribution >= 0.6 is 0 Å². The number of hydrogen-bond donors (Lipinski definition) is 1. The number of nitrogens with zero attached hydrogens (tertiary/aromatic N) is 2. The van der Waals surface area contributed by atoms with Crippen molar-refractivity contribution in [3.63, 3.8) is 0 Å². The van der Waals surface area contributed by atoms with Gasteiger partial charge in [-0.2, -0.15) is 4.99 Å². The molecule has 0 bridgehead atoms. The van der Waals surface area contributed by atoms with Gasteiger partial charge < -0.3 is 10.6 Å². The molecule has 1 amide bonds. The summed E-state index contributed by atoms with van der Waals surface area (Å²) >= 11 is 0. The van der Waals surface area contributed by atoms with E-state index in [9.17, 15) is 4.79 Å². The fourth-order valence-electron chi connectivity index (χ4n) is 1.38. The first-order valence-electron chi connectivity index (χ1n) is 3.65. The maximum Gasteiger partial charge on any atom is 0.296 e. The van der Waals surface area contributed by atoms with E-state index in [2.05, 4.69) is 4.99 Å². The van der Waals surface area contributed by atoms with Gasteiger partial charge >= 0.3 is 0 Å². The van der Waals surface area contributed by atoms with Gasteiger partial charge in [-0.1, -0.05) is 6.08 Å². The molecule has 2 aliphatic heterocycles. The van der Waals surface area contributed by atoms with Gasteiger partial charge in [0, 0.05) is 6.54 Å². The third kappa shape index (κ3) is 0.824. The smallest absolute Gasteiger partial charge is 0.296 e. The van der Waals surface area contributed by atoms with Crippen molar-refractivity contribution in [2.75, 3.05) is 6.54 Å². The second-order valence-electron chi connectivity index (χ2n) is 2.66. The Balaban J connectivity index is 2.38. The number of hydrogen-bond acceptors (Lipinski definition) is 3. The first-order chi connectivity index (χ1) is 5.29. The molecule has 0 aromatic rings. The normalized spacial score (nSPS) is 22.9. The predicted octanol–water partition coefficient (Wildman–Crippen LogP) is -0.179. The fourth-order valence-corrected chi connectivity index (χ4v) is 1.38. The number of guanidine groups is 1. The number of amides is 1. The molecule has 0 aliphatic carbocycles. The first kappa shape index (κ1) is 6.39. The van der Waals surface area contributed by atoms with Crippen LogP contribution in [-0.4, -0.2) is 23.3 Å². The zero-order valence-electron chi connectivity index (χ0n) is 6.08. The SMILES string of the molecule is NC1=NC(=O)C2=CCCCN21. The number of carbonyl (C=O) groups excluding carboxylic acids is 1. The van der Waals surface area contributed by atoms with Crippen molar-refractivity contribution in [2.45, 2.75) is 12.8 Å². The predicted molar refractivity (Wildman–Crippen MR) is 40.7 cm³/mol. The molecule has 2 aliphatic rings. The van der Waals surface area contributed by atoms with E-state index >= 15 is 0 Å². The molecule has 0 spiro atoms. The summed E-state index contributed by atoms with van der Waals surface area (Å²) in [5.74, 6) is 0.156. The Morgan fingerprint density at radius 1 is 1.64 bits per heavy atom. The number of nitrogens with two attached hydrogens (primary N) is 1. The van der Waals surface area contributed by atoms with Crippen LogP contribution < -0.4 is 5.73 Å². The highest BCUT2D eigenvalue weighted by atomic mass is 16.2. The Labute approximate surface area is 64.4 Å². The van der Waals surface area contributed by atoms with E-state index in [1.807, 2.05) is 6.08 Å². The summed E-state index contributed by atoms with van der Waals surface area (Å²) in [5.41, 5.74) is 6.15. The van der Waals surface area contributed by atoms with Crippen LogP contribution in [0.15, 0.2) is 16.8 Å². The average Bonchev–Trinajstić information content (AvgIpc) is 2.30. The molecule has 0 saturated heterocycles. The highest BCUT2D eigenvalue weighted by Crippen LogP contribution is 2.19. The Morgan fingerprint density at radius 2 is 2.45 bits per heavy atom. The standard InChI is InChI=1S/C7H9N3O/c8-7-9-6(11)5-3-1-2-4-10(5)7/h3H,1-2,4H2,(H2,8,9,11). The highest BCUT2D eigenvalue weighted by Gasteiger charge is 2.28. The largest absolute Gasteiger partial charge is 0.369 e. The third-order valence-corrected chi connectivity index (χ3v) is 1.93. The fraction of sp³-hybridized carbons (Fsp3) is 0.429. The summed E-state index contributed by atoms with van der Waals surface area (Å²) in [5, 5.41) is 0. The van der Waals surface area contributed by atoms with Crippen molar-refractivity contribution in [1.29, 1.82) is 0 Å². The van der Waals surface area contributed by atoms with Crippen LogP contribution in [0.5, 0.6) is 0 Å². The van der Waals surface area contributed by atoms with Gasteiger partial charge in [-0.25, -0.2) is 0 Å². The zero-order valence-corrected chi connectivity index (χ0v) is 6.08. The van der Waals surface area contributed by atoms with Crippen LogP contribution in [-0.2, 0) is 4.79 Å². The van der Waals surface area contributed by atoms with Crippen LogP contribution in [0.2, 0.25) is 0 Å². The van der Waals surface area contributed by atoms with Crippen molar-refractivity contribution in [2.24, 2.45) is 10.7 Å². The van der Waals surface area contributed by atoms with Gasteiger partial charge in [0.1, 0.15) is 5.70 Å². The minimum atomic E-state index is -0.192. The van der Waals surface area contributed by atoms with Gasteiger partial charge in [0.05, 0.1) is 0 Å². The van der Waals surface area contributed by atoms with Crippen molar-refractivity contribution < 1.29 is 4.79 Å². The molecule has 2 rings (SSSR count). The zero-order chi connectivity index (χ0) is 7.84. The van der Waals surface area contributed by atoms with Crippen molar-refractivity contribution in [3.05, 3.63) is 11.8 Å². The van der Waals surface area contributed by atoms with Crippen molar-refractivity contribution >= 4 is 11.9 Å². The van der Waals surface area contributed by atoms with E-state index in [1.54, 1.807) is 4.90 Å². The lowest BCUT2D eigenvalue weighted by Gasteiger charge is -2.21. The Morgan fingerprint density at radius 3 is 3.18 bits per heavy atom. The number of rotatable bonds is 0. The Kier molecular flexibility index (Phi) is 1.21. The van der Waals surface area contributed by atoms with Gasteiger partial charge in [0.15, 0.2) is 0 Å². The summed E-state index contributed by atoms with van der Waals surface area (Å²) in [6.45, 7) is 0.826. The maximum atomic E-state index is 11.0. The molecule has 0 atom stereocenters. The van der Waals surface area contributed by atoms with E-state index in [0.717, 1.165) is 19.4 Å². The average molecular weight is 151 g/mol. The maximum absolute atomic E-state index is 11.0. The van der Waals surface area contributed by atoms with Crippen molar-refractivity contribution in [3.8, 4) is 0 Å². The second kappa shape index (κ2) is 2.08. The number of carbonyl (C=O) groups is 1. The van der Waals surface area contributed by atoms with E-state index in [-0.39, 0.29) is 5.91 Å². The molecule has 2 N–H and O–H groups in total. The lowest BCUT2D eigenvalue weighted by atomic mass is 10.2. The molecule has 58 valence electrons. The summed E-state index contributed by atoms with van der Waals surface area (Å²) < 4.78 is 0. The Hall–Kier alpha value is -1.32. The molecule has 0 radical (unpaired) electrons. The molecule has 0 aromatic carbocycles. The topological polar surface area (TPSA) is 58.7 Å².